The molecule has 0 fully saturated rings. The van der Waals surface area contributed by atoms with Crippen molar-refractivity contribution in [1.29, 1.82) is 0 Å². The number of rotatable bonds is 8. The minimum atomic E-state index is 0.356. The second kappa shape index (κ2) is 9.32. The Balaban J connectivity index is 1.68. The highest BCUT2D eigenvalue weighted by Crippen LogP contribution is 2.30. The Kier molecular flexibility index (Phi) is 6.83. The summed E-state index contributed by atoms with van der Waals surface area (Å²) in [6, 6.07) is 11.2. The van der Waals surface area contributed by atoms with Gasteiger partial charge in [-0.05, 0) is 47.6 Å². The number of hydrogen-bond donors (Lipinski definition) is 2. The van der Waals surface area contributed by atoms with Crippen LogP contribution in [0.2, 0.25) is 10.0 Å². The SMILES string of the molecule is CCc1n[nH]c(=S)n1NCc1ccc(OCc2ccc(Cl)c(Cl)c2)c(OC)c1. The van der Waals surface area contributed by atoms with Crippen LogP contribution >= 0.6 is 35.4 Å². The van der Waals surface area contributed by atoms with Gasteiger partial charge in [-0.25, -0.2) is 4.68 Å². The minimum Gasteiger partial charge on any atom is -0.493 e. The van der Waals surface area contributed by atoms with Gasteiger partial charge in [0, 0.05) is 6.42 Å². The van der Waals surface area contributed by atoms with E-state index in [1.807, 2.05) is 31.2 Å². The summed E-state index contributed by atoms with van der Waals surface area (Å²) in [5.74, 6) is 2.14. The molecule has 6 nitrogen and oxygen atoms in total. The maximum atomic E-state index is 6.05. The average Bonchev–Trinajstić information content (AvgIpc) is 3.07. The summed E-state index contributed by atoms with van der Waals surface area (Å²) in [5, 5.41) is 7.98. The second-order valence-electron chi connectivity index (χ2n) is 5.99. The van der Waals surface area contributed by atoms with Crippen molar-refractivity contribution in [3.8, 4) is 11.5 Å². The first-order valence-corrected chi connectivity index (χ1v) is 9.82. The van der Waals surface area contributed by atoms with Crippen molar-refractivity contribution in [1.82, 2.24) is 14.9 Å². The number of aromatic amines is 1. The van der Waals surface area contributed by atoms with Crippen molar-refractivity contribution in [2.45, 2.75) is 26.5 Å². The number of nitrogens with one attached hydrogen (secondary N) is 2. The Bertz CT molecular complexity index is 1020. The number of methoxy groups -OCH3 is 1. The molecule has 0 aliphatic carbocycles. The molecule has 0 unspecified atom stereocenters. The maximum Gasteiger partial charge on any atom is 0.214 e. The van der Waals surface area contributed by atoms with E-state index in [2.05, 4.69) is 15.6 Å². The molecule has 0 saturated heterocycles. The van der Waals surface area contributed by atoms with E-state index >= 15 is 0 Å². The Morgan fingerprint density at radius 2 is 1.89 bits per heavy atom. The molecule has 0 saturated carbocycles. The average molecular weight is 439 g/mol. The van der Waals surface area contributed by atoms with Crippen LogP contribution in [0.5, 0.6) is 11.5 Å². The molecule has 9 heteroatoms. The molecule has 2 aromatic carbocycles. The molecule has 2 N–H and O–H groups in total. The summed E-state index contributed by atoms with van der Waals surface area (Å²) in [6.07, 6.45) is 0.769. The van der Waals surface area contributed by atoms with Crippen molar-refractivity contribution < 1.29 is 9.47 Å². The zero-order valence-corrected chi connectivity index (χ0v) is 17.8. The first-order chi connectivity index (χ1) is 13.5. The molecule has 3 rings (SSSR count). The van der Waals surface area contributed by atoms with Gasteiger partial charge < -0.3 is 14.9 Å². The van der Waals surface area contributed by atoms with Crippen molar-refractivity contribution in [2.75, 3.05) is 12.5 Å². The molecular formula is C19H20Cl2N4O2S. The van der Waals surface area contributed by atoms with Crippen molar-refractivity contribution >= 4 is 35.4 Å². The van der Waals surface area contributed by atoms with Gasteiger partial charge in [0.05, 0.1) is 23.7 Å². The van der Waals surface area contributed by atoms with Gasteiger partial charge in [-0.15, -0.1) is 0 Å². The normalized spacial score (nSPS) is 10.7. The van der Waals surface area contributed by atoms with Crippen molar-refractivity contribution in [3.63, 3.8) is 0 Å². The predicted molar refractivity (Wildman–Crippen MR) is 114 cm³/mol. The van der Waals surface area contributed by atoms with Crippen LogP contribution < -0.4 is 14.9 Å². The van der Waals surface area contributed by atoms with E-state index in [0.29, 0.717) is 39.5 Å². The Morgan fingerprint density at radius 3 is 2.61 bits per heavy atom. The Labute approximate surface area is 178 Å². The summed E-state index contributed by atoms with van der Waals surface area (Å²) < 4.78 is 13.7. The molecule has 0 aliphatic rings. The molecule has 148 valence electrons. The lowest BCUT2D eigenvalue weighted by atomic mass is 10.2. The molecule has 1 heterocycles. The van der Waals surface area contributed by atoms with Crippen LogP contribution in [0.15, 0.2) is 36.4 Å². The molecule has 28 heavy (non-hydrogen) atoms. The van der Waals surface area contributed by atoms with Gasteiger partial charge in [-0.3, -0.25) is 5.10 Å². The van der Waals surface area contributed by atoms with E-state index in [1.165, 1.54) is 0 Å². The fraction of sp³-hybridized carbons (Fsp3) is 0.263. The zero-order valence-electron chi connectivity index (χ0n) is 15.5. The highest BCUT2D eigenvalue weighted by Gasteiger charge is 2.09. The molecule has 0 atom stereocenters. The number of halogens is 2. The van der Waals surface area contributed by atoms with Crippen LogP contribution in [0.3, 0.4) is 0 Å². The number of aryl methyl sites for hydroxylation is 1. The van der Waals surface area contributed by atoms with Crippen LogP contribution in [0.1, 0.15) is 23.9 Å². The second-order valence-corrected chi connectivity index (χ2v) is 7.19. The smallest absolute Gasteiger partial charge is 0.214 e. The van der Waals surface area contributed by atoms with Crippen LogP contribution in [0.25, 0.3) is 0 Å². The lowest BCUT2D eigenvalue weighted by molar-refractivity contribution is 0.284. The number of benzene rings is 2. The van der Waals surface area contributed by atoms with Crippen LogP contribution in [0.4, 0.5) is 0 Å². The van der Waals surface area contributed by atoms with E-state index in [1.54, 1.807) is 23.9 Å². The Morgan fingerprint density at radius 1 is 1.11 bits per heavy atom. The third-order valence-electron chi connectivity index (χ3n) is 4.11. The Hall–Kier alpha value is -2.22. The summed E-state index contributed by atoms with van der Waals surface area (Å²) in [7, 11) is 1.61. The number of hydrogen-bond acceptors (Lipinski definition) is 5. The van der Waals surface area contributed by atoms with E-state index in [-0.39, 0.29) is 0 Å². The van der Waals surface area contributed by atoms with Crippen LogP contribution in [-0.2, 0) is 19.6 Å². The van der Waals surface area contributed by atoms with E-state index in [0.717, 1.165) is 23.4 Å². The fourth-order valence-corrected chi connectivity index (χ4v) is 3.17. The van der Waals surface area contributed by atoms with E-state index in [4.69, 9.17) is 44.9 Å². The number of H-pyrrole nitrogens is 1. The summed E-state index contributed by atoms with van der Waals surface area (Å²) in [6.45, 7) is 2.94. The van der Waals surface area contributed by atoms with Crippen molar-refractivity contribution in [3.05, 3.63) is 68.2 Å². The monoisotopic (exact) mass is 438 g/mol. The molecule has 0 bridgehead atoms. The lowest BCUT2D eigenvalue weighted by Gasteiger charge is -2.14. The fourth-order valence-electron chi connectivity index (χ4n) is 2.63. The third-order valence-corrected chi connectivity index (χ3v) is 5.12. The standard InChI is InChI=1S/C19H20Cl2N4O2S/c1-3-18-23-24-19(28)25(18)22-10-12-5-7-16(17(9-12)26-2)27-11-13-4-6-14(20)15(21)8-13/h4-9,22H,3,10-11H2,1-2H3,(H,24,28). The highest BCUT2D eigenvalue weighted by molar-refractivity contribution is 7.71. The molecule has 0 spiro atoms. The van der Waals surface area contributed by atoms with Gasteiger partial charge in [-0.1, -0.05) is 42.3 Å². The molecule has 3 aromatic rings. The third kappa shape index (κ3) is 4.79. The molecule has 0 amide bonds. The van der Waals surface area contributed by atoms with Gasteiger partial charge in [-0.2, -0.15) is 5.10 Å². The molecule has 0 aliphatic heterocycles. The van der Waals surface area contributed by atoms with Gasteiger partial charge >= 0.3 is 0 Å². The van der Waals surface area contributed by atoms with Crippen LogP contribution in [-0.4, -0.2) is 22.0 Å². The molecule has 1 aromatic heterocycles. The molecule has 0 radical (unpaired) electrons. The number of nitrogens with zero attached hydrogens (tertiary/aromatic N) is 2. The first-order valence-electron chi connectivity index (χ1n) is 8.65. The number of aromatic nitrogens is 3. The van der Waals surface area contributed by atoms with Crippen molar-refractivity contribution in [2.24, 2.45) is 0 Å². The van der Waals surface area contributed by atoms with Gasteiger partial charge in [0.15, 0.2) is 17.3 Å². The quantitative estimate of drug-likeness (QED) is 0.476. The predicted octanol–water partition coefficient (Wildman–Crippen LogP) is 5.14. The number of ether oxygens (including phenoxy) is 2. The van der Waals surface area contributed by atoms with Crippen LogP contribution in [0, 0.1) is 4.77 Å². The summed E-state index contributed by atoms with van der Waals surface area (Å²) in [4.78, 5) is 0. The zero-order chi connectivity index (χ0) is 20.1. The van der Waals surface area contributed by atoms with E-state index < -0.39 is 0 Å². The highest BCUT2D eigenvalue weighted by atomic mass is 35.5. The van der Waals surface area contributed by atoms with Gasteiger partial charge in [0.2, 0.25) is 4.77 Å². The van der Waals surface area contributed by atoms with E-state index in [9.17, 15) is 0 Å². The maximum absolute atomic E-state index is 6.05. The van der Waals surface area contributed by atoms with Gasteiger partial charge in [0.25, 0.3) is 0 Å². The minimum absolute atomic E-state index is 0.356. The first kappa shape index (κ1) is 20.5. The van der Waals surface area contributed by atoms with Gasteiger partial charge in [0.1, 0.15) is 6.61 Å². The largest absolute Gasteiger partial charge is 0.493 e. The lowest BCUT2D eigenvalue weighted by Crippen LogP contribution is -2.17. The topological polar surface area (TPSA) is 64.1 Å². The molecular weight excluding hydrogens is 419 g/mol. The summed E-state index contributed by atoms with van der Waals surface area (Å²) >= 11 is 17.2. The summed E-state index contributed by atoms with van der Waals surface area (Å²) in [5.41, 5.74) is 5.20.